The first-order chi connectivity index (χ1) is 8.87. The predicted octanol–water partition coefficient (Wildman–Crippen LogP) is 4.13. The lowest BCUT2D eigenvalue weighted by Gasteiger charge is -2.49. The van der Waals surface area contributed by atoms with Gasteiger partial charge in [0.15, 0.2) is 0 Å². The van der Waals surface area contributed by atoms with Crippen LogP contribution in [0.3, 0.4) is 0 Å². The third-order valence-electron chi connectivity index (χ3n) is 4.51. The molecule has 1 heterocycles. The van der Waals surface area contributed by atoms with E-state index in [9.17, 15) is 0 Å². The van der Waals surface area contributed by atoms with Crippen LogP contribution in [0.4, 0.5) is 0 Å². The minimum absolute atomic E-state index is 0.151. The van der Waals surface area contributed by atoms with Crippen LogP contribution in [0.25, 0.3) is 0 Å². The summed E-state index contributed by atoms with van der Waals surface area (Å²) in [6, 6.07) is 4.11. The summed E-state index contributed by atoms with van der Waals surface area (Å²) < 4.78 is 0.870. The van der Waals surface area contributed by atoms with Crippen LogP contribution in [0.5, 0.6) is 0 Å². The maximum absolute atomic E-state index is 6.15. The largest absolute Gasteiger partial charge is 0.329 e. The second-order valence-corrected chi connectivity index (χ2v) is 8.48. The summed E-state index contributed by atoms with van der Waals surface area (Å²) in [5.74, 6) is 0. The van der Waals surface area contributed by atoms with Crippen molar-refractivity contribution in [2.75, 3.05) is 13.6 Å². The van der Waals surface area contributed by atoms with Crippen molar-refractivity contribution in [1.29, 1.82) is 0 Å². The third kappa shape index (κ3) is 3.52. The number of likely N-dealkylation sites (N-methyl/N-ethyl adjacent to an activating group) is 1. The van der Waals surface area contributed by atoms with E-state index in [0.717, 1.165) is 17.4 Å². The van der Waals surface area contributed by atoms with Gasteiger partial charge in [-0.1, -0.05) is 31.9 Å². The molecule has 0 amide bonds. The summed E-state index contributed by atoms with van der Waals surface area (Å²) in [5.41, 5.74) is 6.71. The second-order valence-electron chi connectivity index (χ2n) is 6.68. The summed E-state index contributed by atoms with van der Waals surface area (Å²) in [4.78, 5) is 3.78. The number of nitrogens with zero attached hydrogens (tertiary/aromatic N) is 1. The van der Waals surface area contributed by atoms with Gasteiger partial charge in [0.05, 0.1) is 4.34 Å². The molecule has 2 rings (SSSR count). The predicted molar refractivity (Wildman–Crippen MR) is 84.8 cm³/mol. The molecule has 1 aromatic heterocycles. The highest BCUT2D eigenvalue weighted by Gasteiger charge is 2.41. The van der Waals surface area contributed by atoms with Gasteiger partial charge < -0.3 is 5.73 Å². The molecule has 1 aliphatic carbocycles. The Kier molecular flexibility index (Phi) is 4.61. The van der Waals surface area contributed by atoms with E-state index in [0.29, 0.717) is 5.41 Å². The Balaban J connectivity index is 2.11. The fourth-order valence-corrected chi connectivity index (χ4v) is 4.60. The SMILES string of the molecule is CN(Cc1ccc(Cl)s1)C1(CN)CCCC(C)(C)C1. The Morgan fingerprint density at radius 1 is 1.37 bits per heavy atom. The van der Waals surface area contributed by atoms with Gasteiger partial charge >= 0.3 is 0 Å². The molecule has 4 heteroatoms. The van der Waals surface area contributed by atoms with E-state index < -0.39 is 0 Å². The average molecular weight is 301 g/mol. The monoisotopic (exact) mass is 300 g/mol. The lowest BCUT2D eigenvalue weighted by atomic mass is 9.67. The van der Waals surface area contributed by atoms with Crippen molar-refractivity contribution < 1.29 is 0 Å². The molecule has 1 saturated carbocycles. The first-order valence-electron chi connectivity index (χ1n) is 7.02. The summed E-state index contributed by atoms with van der Waals surface area (Å²) >= 11 is 7.69. The fraction of sp³-hybridized carbons (Fsp3) is 0.733. The molecule has 1 atom stereocenters. The molecule has 0 aliphatic heterocycles. The molecule has 19 heavy (non-hydrogen) atoms. The second kappa shape index (κ2) is 5.72. The van der Waals surface area contributed by atoms with E-state index in [1.807, 2.05) is 6.07 Å². The van der Waals surface area contributed by atoms with E-state index in [2.05, 4.69) is 31.9 Å². The number of thiophene rings is 1. The van der Waals surface area contributed by atoms with Gasteiger partial charge in [-0.2, -0.15) is 0 Å². The zero-order chi connectivity index (χ0) is 14.1. The molecule has 2 nitrogen and oxygen atoms in total. The van der Waals surface area contributed by atoms with Gasteiger partial charge in [-0.05, 0) is 43.9 Å². The molecule has 0 saturated heterocycles. The van der Waals surface area contributed by atoms with Crippen molar-refractivity contribution in [3.8, 4) is 0 Å². The minimum Gasteiger partial charge on any atom is -0.329 e. The lowest BCUT2D eigenvalue weighted by molar-refractivity contribution is 0.0229. The molecule has 0 radical (unpaired) electrons. The molecular formula is C15H25ClN2S. The summed E-state index contributed by atoms with van der Waals surface area (Å²) in [6.45, 7) is 6.43. The van der Waals surface area contributed by atoms with E-state index in [4.69, 9.17) is 17.3 Å². The van der Waals surface area contributed by atoms with Crippen LogP contribution in [0.2, 0.25) is 4.34 Å². The lowest BCUT2D eigenvalue weighted by Crippen LogP contribution is -2.55. The summed E-state index contributed by atoms with van der Waals surface area (Å²) in [7, 11) is 2.21. The Morgan fingerprint density at radius 3 is 2.63 bits per heavy atom. The smallest absolute Gasteiger partial charge is 0.0931 e. The molecule has 0 bridgehead atoms. The van der Waals surface area contributed by atoms with Gasteiger partial charge in [-0.25, -0.2) is 0 Å². The van der Waals surface area contributed by atoms with Crippen molar-refractivity contribution in [2.24, 2.45) is 11.1 Å². The maximum atomic E-state index is 6.15. The summed E-state index contributed by atoms with van der Waals surface area (Å²) in [5, 5.41) is 0. The van der Waals surface area contributed by atoms with Gasteiger partial charge in [-0.3, -0.25) is 4.90 Å². The molecule has 1 aromatic rings. The molecule has 1 fully saturated rings. The van der Waals surface area contributed by atoms with Gasteiger partial charge in [0.25, 0.3) is 0 Å². The average Bonchev–Trinajstić information content (AvgIpc) is 2.73. The van der Waals surface area contributed by atoms with Gasteiger partial charge in [0, 0.05) is 23.5 Å². The third-order valence-corrected chi connectivity index (χ3v) is 5.73. The molecular weight excluding hydrogens is 276 g/mol. The van der Waals surface area contributed by atoms with Crippen molar-refractivity contribution in [2.45, 2.75) is 51.6 Å². The molecule has 1 unspecified atom stereocenters. The van der Waals surface area contributed by atoms with Crippen LogP contribution in [0, 0.1) is 5.41 Å². The van der Waals surface area contributed by atoms with Crippen LogP contribution in [-0.4, -0.2) is 24.0 Å². The van der Waals surface area contributed by atoms with Gasteiger partial charge in [0.2, 0.25) is 0 Å². The highest BCUT2D eigenvalue weighted by atomic mass is 35.5. The van der Waals surface area contributed by atoms with Crippen molar-refractivity contribution in [3.63, 3.8) is 0 Å². The van der Waals surface area contributed by atoms with Crippen LogP contribution in [0.1, 0.15) is 44.4 Å². The maximum Gasteiger partial charge on any atom is 0.0931 e. The van der Waals surface area contributed by atoms with Crippen LogP contribution in [0.15, 0.2) is 12.1 Å². The Labute approximate surface area is 125 Å². The Morgan fingerprint density at radius 2 is 2.11 bits per heavy atom. The molecule has 1 aliphatic rings. The normalized spacial score (nSPS) is 26.8. The van der Waals surface area contributed by atoms with Gasteiger partial charge in [0.1, 0.15) is 0 Å². The van der Waals surface area contributed by atoms with E-state index in [1.165, 1.54) is 30.6 Å². The van der Waals surface area contributed by atoms with Gasteiger partial charge in [-0.15, -0.1) is 11.3 Å². The quantitative estimate of drug-likeness (QED) is 0.906. The number of hydrogen-bond donors (Lipinski definition) is 1. The number of hydrogen-bond acceptors (Lipinski definition) is 3. The number of rotatable bonds is 4. The number of nitrogens with two attached hydrogens (primary N) is 1. The summed E-state index contributed by atoms with van der Waals surface area (Å²) in [6.07, 6.45) is 4.99. The van der Waals surface area contributed by atoms with E-state index in [-0.39, 0.29) is 5.54 Å². The van der Waals surface area contributed by atoms with Crippen molar-refractivity contribution >= 4 is 22.9 Å². The topological polar surface area (TPSA) is 29.3 Å². The Hall–Kier alpha value is -0.0900. The van der Waals surface area contributed by atoms with E-state index in [1.54, 1.807) is 11.3 Å². The van der Waals surface area contributed by atoms with Crippen LogP contribution >= 0.6 is 22.9 Å². The minimum atomic E-state index is 0.151. The van der Waals surface area contributed by atoms with E-state index >= 15 is 0 Å². The first-order valence-corrected chi connectivity index (χ1v) is 8.22. The fourth-order valence-electron chi connectivity index (χ4n) is 3.46. The van der Waals surface area contributed by atoms with Crippen molar-refractivity contribution in [3.05, 3.63) is 21.3 Å². The van der Waals surface area contributed by atoms with Crippen LogP contribution in [-0.2, 0) is 6.54 Å². The van der Waals surface area contributed by atoms with Crippen LogP contribution < -0.4 is 5.73 Å². The molecule has 0 spiro atoms. The van der Waals surface area contributed by atoms with Crippen molar-refractivity contribution in [1.82, 2.24) is 4.90 Å². The number of halogens is 1. The molecule has 0 aromatic carbocycles. The zero-order valence-corrected chi connectivity index (χ0v) is 13.8. The standard InChI is InChI=1S/C15H25ClN2S/c1-14(2)7-4-8-15(10-14,11-17)18(3)9-12-5-6-13(16)19-12/h5-6H,4,7-11,17H2,1-3H3. The molecule has 108 valence electrons. The zero-order valence-electron chi connectivity index (χ0n) is 12.2. The Bertz CT molecular complexity index is 430. The highest BCUT2D eigenvalue weighted by molar-refractivity contribution is 7.16. The highest BCUT2D eigenvalue weighted by Crippen LogP contribution is 2.43. The molecule has 2 N–H and O–H groups in total. The first kappa shape index (κ1) is 15.3.